The van der Waals surface area contributed by atoms with Crippen molar-refractivity contribution in [1.29, 1.82) is 0 Å². The van der Waals surface area contributed by atoms with E-state index in [0.717, 1.165) is 6.07 Å². The van der Waals surface area contributed by atoms with Gasteiger partial charge in [0.2, 0.25) is 0 Å². The molecule has 1 unspecified atom stereocenters. The third-order valence-corrected chi connectivity index (χ3v) is 2.24. The Morgan fingerprint density at radius 2 is 1.93 bits per heavy atom. The van der Waals surface area contributed by atoms with Crippen LogP contribution in [0.1, 0.15) is 23.6 Å². The molecule has 1 aromatic carbocycles. The average molecular weight is 217 g/mol. The molecular weight excluding hydrogens is 203 g/mol. The van der Waals surface area contributed by atoms with Gasteiger partial charge in [0.05, 0.1) is 5.56 Å². The smallest absolute Gasteiger partial charge is 0.328 e. The fourth-order valence-corrected chi connectivity index (χ4v) is 1.56. The van der Waals surface area contributed by atoms with E-state index in [9.17, 15) is 13.2 Å². The average Bonchev–Trinajstić information content (AvgIpc) is 2.05. The monoisotopic (exact) mass is 217 g/mol. The molecule has 15 heavy (non-hydrogen) atoms. The Labute approximate surface area is 87.1 Å². The van der Waals surface area contributed by atoms with Crippen LogP contribution in [0.3, 0.4) is 0 Å². The minimum Gasteiger partial charge on any atom is -0.328 e. The molecule has 0 spiro atoms. The summed E-state index contributed by atoms with van der Waals surface area (Å²) < 4.78 is 37.9. The molecule has 2 N–H and O–H groups in total. The maximum atomic E-state index is 12.6. The lowest BCUT2D eigenvalue weighted by Gasteiger charge is -2.16. The van der Waals surface area contributed by atoms with Gasteiger partial charge < -0.3 is 5.73 Å². The summed E-state index contributed by atoms with van der Waals surface area (Å²) in [5.41, 5.74) is 5.91. The molecule has 0 fully saturated rings. The van der Waals surface area contributed by atoms with Crippen molar-refractivity contribution in [3.63, 3.8) is 0 Å². The second-order valence-electron chi connectivity index (χ2n) is 3.78. The summed E-state index contributed by atoms with van der Waals surface area (Å²) in [4.78, 5) is 0. The van der Waals surface area contributed by atoms with Crippen molar-refractivity contribution in [3.05, 3.63) is 34.9 Å². The van der Waals surface area contributed by atoms with Gasteiger partial charge in [0.15, 0.2) is 0 Å². The van der Waals surface area contributed by atoms with Crippen LogP contribution in [-0.2, 0) is 12.6 Å². The number of benzene rings is 1. The number of halogens is 3. The molecule has 0 amide bonds. The second kappa shape index (κ2) is 4.23. The predicted octanol–water partition coefficient (Wildman–Crippen LogP) is 2.90. The van der Waals surface area contributed by atoms with Crippen molar-refractivity contribution in [3.8, 4) is 0 Å². The highest BCUT2D eigenvalue weighted by molar-refractivity contribution is 5.36. The quantitative estimate of drug-likeness (QED) is 0.809. The lowest BCUT2D eigenvalue weighted by atomic mass is 9.96. The van der Waals surface area contributed by atoms with Crippen LogP contribution in [-0.4, -0.2) is 6.04 Å². The summed E-state index contributed by atoms with van der Waals surface area (Å²) in [7, 11) is 0. The minimum atomic E-state index is -4.30. The molecule has 1 nitrogen and oxygen atoms in total. The van der Waals surface area contributed by atoms with Crippen molar-refractivity contribution in [2.45, 2.75) is 32.5 Å². The Hall–Kier alpha value is -1.03. The summed E-state index contributed by atoms with van der Waals surface area (Å²) in [5.74, 6) is 0. The van der Waals surface area contributed by atoms with E-state index >= 15 is 0 Å². The van der Waals surface area contributed by atoms with Gasteiger partial charge in [0.1, 0.15) is 0 Å². The zero-order valence-corrected chi connectivity index (χ0v) is 8.73. The van der Waals surface area contributed by atoms with Gasteiger partial charge in [-0.05, 0) is 37.5 Å². The number of alkyl halides is 3. The van der Waals surface area contributed by atoms with Crippen LogP contribution in [0.4, 0.5) is 13.2 Å². The zero-order chi connectivity index (χ0) is 11.6. The minimum absolute atomic E-state index is 0.252. The van der Waals surface area contributed by atoms with Crippen LogP contribution in [0.2, 0.25) is 0 Å². The van der Waals surface area contributed by atoms with Gasteiger partial charge in [-0.1, -0.05) is 12.1 Å². The third-order valence-electron chi connectivity index (χ3n) is 2.24. The number of aryl methyl sites for hydroxylation is 1. The van der Waals surface area contributed by atoms with Gasteiger partial charge in [-0.2, -0.15) is 13.2 Å². The van der Waals surface area contributed by atoms with E-state index in [1.54, 1.807) is 19.9 Å². The highest BCUT2D eigenvalue weighted by atomic mass is 19.4. The van der Waals surface area contributed by atoms with E-state index in [0.29, 0.717) is 11.1 Å². The summed E-state index contributed by atoms with van der Waals surface area (Å²) in [6.45, 7) is 3.37. The van der Waals surface area contributed by atoms with Gasteiger partial charge in [-0.25, -0.2) is 0 Å². The van der Waals surface area contributed by atoms with Crippen molar-refractivity contribution in [1.82, 2.24) is 0 Å². The molecule has 4 heteroatoms. The molecule has 0 aliphatic carbocycles. The first-order chi connectivity index (χ1) is 6.82. The van der Waals surface area contributed by atoms with Crippen LogP contribution >= 0.6 is 0 Å². The third kappa shape index (κ3) is 2.96. The van der Waals surface area contributed by atoms with E-state index in [1.165, 1.54) is 6.07 Å². The first-order valence-electron chi connectivity index (χ1n) is 4.73. The SMILES string of the molecule is Cc1cccc(C(F)(F)F)c1CC(C)N. The zero-order valence-electron chi connectivity index (χ0n) is 8.73. The Kier molecular flexibility index (Phi) is 3.39. The first kappa shape index (κ1) is 12.0. The molecule has 0 aliphatic rings. The van der Waals surface area contributed by atoms with Gasteiger partial charge in [0, 0.05) is 6.04 Å². The Bertz CT molecular complexity index is 342. The van der Waals surface area contributed by atoms with Crippen molar-refractivity contribution in [2.75, 3.05) is 0 Å². The van der Waals surface area contributed by atoms with Crippen LogP contribution < -0.4 is 5.73 Å². The van der Waals surface area contributed by atoms with Crippen LogP contribution in [0.25, 0.3) is 0 Å². The maximum Gasteiger partial charge on any atom is 0.416 e. The standard InChI is InChI=1S/C11H14F3N/c1-7-4-3-5-10(11(12,13)14)9(7)6-8(2)15/h3-5,8H,6,15H2,1-2H3. The van der Waals surface area contributed by atoms with Crippen molar-refractivity contribution in [2.24, 2.45) is 5.73 Å². The summed E-state index contributed by atoms with van der Waals surface area (Å²) in [6.07, 6.45) is -4.04. The number of hydrogen-bond acceptors (Lipinski definition) is 1. The number of rotatable bonds is 2. The van der Waals surface area contributed by atoms with Crippen molar-refractivity contribution < 1.29 is 13.2 Å². The second-order valence-corrected chi connectivity index (χ2v) is 3.78. The van der Waals surface area contributed by atoms with Gasteiger partial charge in [-0.3, -0.25) is 0 Å². The Balaban J connectivity index is 3.21. The molecule has 0 saturated heterocycles. The summed E-state index contributed by atoms with van der Waals surface area (Å²) in [5, 5.41) is 0. The van der Waals surface area contributed by atoms with Gasteiger partial charge >= 0.3 is 6.18 Å². The molecular formula is C11H14F3N. The Morgan fingerprint density at radius 1 is 1.33 bits per heavy atom. The fraction of sp³-hybridized carbons (Fsp3) is 0.455. The Morgan fingerprint density at radius 3 is 2.40 bits per heavy atom. The summed E-state index contributed by atoms with van der Waals surface area (Å²) in [6, 6.07) is 3.92. The van der Waals surface area contributed by atoms with E-state index in [2.05, 4.69) is 0 Å². The van der Waals surface area contributed by atoms with E-state index in [4.69, 9.17) is 5.73 Å². The van der Waals surface area contributed by atoms with E-state index < -0.39 is 11.7 Å². The number of hydrogen-bond donors (Lipinski definition) is 1. The van der Waals surface area contributed by atoms with E-state index in [1.807, 2.05) is 0 Å². The molecule has 1 aromatic rings. The van der Waals surface area contributed by atoms with E-state index in [-0.39, 0.29) is 12.5 Å². The number of nitrogens with two attached hydrogens (primary N) is 1. The molecule has 0 radical (unpaired) electrons. The maximum absolute atomic E-state index is 12.6. The molecule has 0 saturated carbocycles. The molecule has 0 aromatic heterocycles. The molecule has 84 valence electrons. The highest BCUT2D eigenvalue weighted by Crippen LogP contribution is 2.33. The molecule has 0 aliphatic heterocycles. The first-order valence-corrected chi connectivity index (χ1v) is 4.73. The predicted molar refractivity (Wildman–Crippen MR) is 53.5 cm³/mol. The topological polar surface area (TPSA) is 26.0 Å². The highest BCUT2D eigenvalue weighted by Gasteiger charge is 2.33. The molecule has 0 bridgehead atoms. The molecule has 0 heterocycles. The van der Waals surface area contributed by atoms with Gasteiger partial charge in [-0.15, -0.1) is 0 Å². The lowest BCUT2D eigenvalue weighted by molar-refractivity contribution is -0.138. The molecule has 1 atom stereocenters. The largest absolute Gasteiger partial charge is 0.416 e. The normalized spacial score (nSPS) is 14.0. The lowest BCUT2D eigenvalue weighted by Crippen LogP contribution is -2.21. The van der Waals surface area contributed by atoms with Crippen LogP contribution in [0, 0.1) is 6.92 Å². The van der Waals surface area contributed by atoms with Crippen LogP contribution in [0.15, 0.2) is 18.2 Å². The van der Waals surface area contributed by atoms with Crippen molar-refractivity contribution >= 4 is 0 Å². The van der Waals surface area contributed by atoms with Crippen LogP contribution in [0.5, 0.6) is 0 Å². The fourth-order valence-electron chi connectivity index (χ4n) is 1.56. The van der Waals surface area contributed by atoms with Gasteiger partial charge in [0.25, 0.3) is 0 Å². The molecule has 1 rings (SSSR count). The summed E-state index contributed by atoms with van der Waals surface area (Å²) >= 11 is 0.